The van der Waals surface area contributed by atoms with E-state index >= 15 is 0 Å². The highest BCUT2D eigenvalue weighted by Gasteiger charge is 2.25. The Kier molecular flexibility index (Phi) is 6.21. The Bertz CT molecular complexity index is 909. The van der Waals surface area contributed by atoms with Crippen LogP contribution in [0.5, 0.6) is 0 Å². The second-order valence-electron chi connectivity index (χ2n) is 5.11. The molecule has 0 bridgehead atoms. The van der Waals surface area contributed by atoms with Gasteiger partial charge in [-0.15, -0.1) is 11.7 Å². The third-order valence-electron chi connectivity index (χ3n) is 3.50. The summed E-state index contributed by atoms with van der Waals surface area (Å²) in [6, 6.07) is 9.25. The smallest absolute Gasteiger partial charge is 0.335 e. The molecule has 0 saturated heterocycles. The quantitative estimate of drug-likeness (QED) is 0.472. The number of aromatic carboxylic acids is 2. The molecule has 2 aromatic carbocycles. The molecule has 2 rings (SSSR count). The lowest BCUT2D eigenvalue weighted by Crippen LogP contribution is -2.31. The summed E-state index contributed by atoms with van der Waals surface area (Å²) < 4.78 is 26.8. The summed E-state index contributed by atoms with van der Waals surface area (Å²) in [4.78, 5) is 23.3. The van der Waals surface area contributed by atoms with E-state index in [-0.39, 0.29) is 28.3 Å². The number of rotatable bonds is 7. The Labute approximate surface area is 159 Å². The van der Waals surface area contributed by atoms with Crippen molar-refractivity contribution in [1.82, 2.24) is 0 Å². The van der Waals surface area contributed by atoms with Crippen molar-refractivity contribution in [3.8, 4) is 0 Å². The molecule has 2 aromatic rings. The second-order valence-corrected chi connectivity index (χ2v) is 8.18. The summed E-state index contributed by atoms with van der Waals surface area (Å²) in [5.74, 6) is -2.70. The molecule has 138 valence electrons. The van der Waals surface area contributed by atoms with E-state index in [1.165, 1.54) is 12.1 Å². The van der Waals surface area contributed by atoms with Crippen molar-refractivity contribution < 1.29 is 28.2 Å². The van der Waals surface area contributed by atoms with Crippen LogP contribution in [0.25, 0.3) is 0 Å². The fourth-order valence-corrected chi connectivity index (χ4v) is 4.37. The molecule has 26 heavy (non-hydrogen) atoms. The maximum absolute atomic E-state index is 12.9. The lowest BCUT2D eigenvalue weighted by molar-refractivity contribution is 0.0696. The van der Waals surface area contributed by atoms with Gasteiger partial charge in [0.25, 0.3) is 10.0 Å². The Hall–Kier alpha value is -2.17. The maximum Gasteiger partial charge on any atom is 0.335 e. The summed E-state index contributed by atoms with van der Waals surface area (Å²) in [6.45, 7) is 1.57. The van der Waals surface area contributed by atoms with E-state index in [4.69, 9.17) is 0 Å². The minimum absolute atomic E-state index is 0.00286. The Morgan fingerprint density at radius 3 is 1.92 bits per heavy atom. The molecule has 0 fully saturated rings. The van der Waals surface area contributed by atoms with Crippen LogP contribution in [0.15, 0.2) is 52.3 Å². The molecule has 0 atom stereocenters. The molecule has 10 heteroatoms. The van der Waals surface area contributed by atoms with Crippen LogP contribution in [0.3, 0.4) is 0 Å². The van der Waals surface area contributed by atoms with E-state index in [1.807, 2.05) is 0 Å². The lowest BCUT2D eigenvalue weighted by Gasteiger charge is -2.23. The number of thiol groups is 1. The van der Waals surface area contributed by atoms with Gasteiger partial charge in [0.05, 0.1) is 21.7 Å². The number of hydrogen-bond acceptors (Lipinski definition) is 6. The summed E-state index contributed by atoms with van der Waals surface area (Å²) in [7, 11) is -2.84. The fourth-order valence-electron chi connectivity index (χ4n) is 2.29. The average Bonchev–Trinajstić information content (AvgIpc) is 2.61. The first-order valence-corrected chi connectivity index (χ1v) is 10.6. The molecule has 0 heterocycles. The fraction of sp³-hybridized carbons (Fsp3) is 0.125. The number of hydrogen-bond donors (Lipinski definition) is 3. The molecular weight excluding hydrogens is 398 g/mol. The van der Waals surface area contributed by atoms with Crippen LogP contribution >= 0.6 is 22.5 Å². The van der Waals surface area contributed by atoms with Crippen LogP contribution < -0.4 is 4.31 Å². The summed E-state index contributed by atoms with van der Waals surface area (Å²) >= 11 is 4.04. The topological polar surface area (TPSA) is 112 Å². The third kappa shape index (κ3) is 4.14. The van der Waals surface area contributed by atoms with Crippen LogP contribution in [-0.4, -0.2) is 37.1 Å². The molecule has 0 spiro atoms. The Morgan fingerprint density at radius 1 is 1.04 bits per heavy atom. The van der Waals surface area contributed by atoms with Crippen molar-refractivity contribution in [2.75, 3.05) is 10.8 Å². The van der Waals surface area contributed by atoms with Gasteiger partial charge in [0.1, 0.15) is 0 Å². The number of carboxylic acids is 2. The largest absolute Gasteiger partial charge is 0.478 e. The molecule has 0 amide bonds. The first-order chi connectivity index (χ1) is 12.2. The van der Waals surface area contributed by atoms with E-state index in [1.54, 1.807) is 19.1 Å². The molecule has 0 radical (unpaired) electrons. The van der Waals surface area contributed by atoms with Gasteiger partial charge in [-0.2, -0.15) is 0 Å². The number of sulfonamides is 1. The van der Waals surface area contributed by atoms with Crippen molar-refractivity contribution in [2.24, 2.45) is 0 Å². The monoisotopic (exact) mass is 413 g/mol. The van der Waals surface area contributed by atoms with E-state index < -0.39 is 22.0 Å². The van der Waals surface area contributed by atoms with Crippen LogP contribution in [-0.2, 0) is 10.0 Å². The van der Waals surface area contributed by atoms with Gasteiger partial charge in [0, 0.05) is 11.4 Å². The Morgan fingerprint density at radius 2 is 1.54 bits per heavy atom. The van der Waals surface area contributed by atoms with Crippen LogP contribution in [0.2, 0.25) is 0 Å². The number of nitrogens with zero attached hydrogens (tertiary/aromatic N) is 1. The van der Waals surface area contributed by atoms with E-state index in [9.17, 15) is 28.2 Å². The summed E-state index contributed by atoms with van der Waals surface area (Å²) in [5.41, 5.74) is -0.650. The van der Waals surface area contributed by atoms with Crippen molar-refractivity contribution in [3.63, 3.8) is 0 Å². The SMILES string of the molecule is CCN(c1cc(C(=O)O)cc(C(=O)O)c1)S(=O)(=O)c1ccc(SS)cc1. The van der Waals surface area contributed by atoms with Crippen LogP contribution in [0, 0.1) is 0 Å². The number of carboxylic acid groups (broad SMARTS) is 2. The number of benzene rings is 2. The van der Waals surface area contributed by atoms with Gasteiger partial charge >= 0.3 is 11.9 Å². The highest BCUT2D eigenvalue weighted by Crippen LogP contribution is 2.28. The standard InChI is InChI=1S/C16H15NO6S3/c1-2-17(26(22,23)14-5-3-13(25-24)4-6-14)12-8-10(15(18)19)7-11(9-12)16(20)21/h3-9,24H,2H2,1H3,(H,18,19)(H,20,21). The van der Waals surface area contributed by atoms with E-state index in [2.05, 4.69) is 11.7 Å². The normalized spacial score (nSPS) is 11.2. The molecule has 0 aliphatic carbocycles. The van der Waals surface area contributed by atoms with E-state index in [0.717, 1.165) is 38.2 Å². The number of anilines is 1. The first kappa shape index (κ1) is 20.1. The molecule has 2 N–H and O–H groups in total. The highest BCUT2D eigenvalue weighted by molar-refractivity contribution is 8.68. The maximum atomic E-state index is 12.9. The second kappa shape index (κ2) is 8.02. The average molecular weight is 413 g/mol. The summed E-state index contributed by atoms with van der Waals surface area (Å²) in [6.07, 6.45) is 0. The zero-order chi connectivity index (χ0) is 19.5. The molecule has 7 nitrogen and oxygen atoms in total. The van der Waals surface area contributed by atoms with Gasteiger partial charge in [-0.3, -0.25) is 4.31 Å². The van der Waals surface area contributed by atoms with Gasteiger partial charge in [-0.25, -0.2) is 18.0 Å². The van der Waals surface area contributed by atoms with Crippen LogP contribution in [0.4, 0.5) is 5.69 Å². The minimum Gasteiger partial charge on any atom is -0.478 e. The van der Waals surface area contributed by atoms with Gasteiger partial charge in [0.2, 0.25) is 0 Å². The van der Waals surface area contributed by atoms with Crippen molar-refractivity contribution in [3.05, 3.63) is 53.6 Å². The minimum atomic E-state index is -4.00. The van der Waals surface area contributed by atoms with Gasteiger partial charge in [-0.1, -0.05) is 10.8 Å². The predicted molar refractivity (Wildman–Crippen MR) is 102 cm³/mol. The molecular formula is C16H15NO6S3. The first-order valence-electron chi connectivity index (χ1n) is 7.26. The zero-order valence-corrected chi connectivity index (χ0v) is 16.0. The highest BCUT2D eigenvalue weighted by atomic mass is 33.1. The van der Waals surface area contributed by atoms with Gasteiger partial charge in [-0.05, 0) is 49.4 Å². The van der Waals surface area contributed by atoms with Gasteiger partial charge in [0.15, 0.2) is 0 Å². The molecule has 0 saturated carbocycles. The zero-order valence-electron chi connectivity index (χ0n) is 13.5. The number of carbonyl (C=O) groups is 2. The molecule has 0 aliphatic heterocycles. The molecule has 0 unspecified atom stereocenters. The lowest BCUT2D eigenvalue weighted by atomic mass is 10.1. The third-order valence-corrected chi connectivity index (χ3v) is 6.54. The van der Waals surface area contributed by atoms with E-state index in [0.29, 0.717) is 0 Å². The Balaban J connectivity index is 2.59. The van der Waals surface area contributed by atoms with Crippen molar-refractivity contribution >= 4 is 50.1 Å². The predicted octanol–water partition coefficient (Wildman–Crippen LogP) is 3.24. The molecule has 0 aliphatic rings. The van der Waals surface area contributed by atoms with Crippen molar-refractivity contribution in [2.45, 2.75) is 16.7 Å². The molecule has 0 aromatic heterocycles. The van der Waals surface area contributed by atoms with Crippen LogP contribution in [0.1, 0.15) is 27.6 Å². The van der Waals surface area contributed by atoms with Crippen molar-refractivity contribution in [1.29, 1.82) is 0 Å². The summed E-state index contributed by atoms with van der Waals surface area (Å²) in [5, 5.41) is 18.4. The van der Waals surface area contributed by atoms with Gasteiger partial charge < -0.3 is 10.2 Å².